The van der Waals surface area contributed by atoms with E-state index in [1.165, 1.54) is 0 Å². The maximum absolute atomic E-state index is 13.1. The van der Waals surface area contributed by atoms with Crippen LogP contribution in [0.4, 0.5) is 11.4 Å². The van der Waals surface area contributed by atoms with Crippen molar-refractivity contribution in [2.24, 2.45) is 0 Å². The van der Waals surface area contributed by atoms with Crippen molar-refractivity contribution in [3.63, 3.8) is 0 Å². The maximum atomic E-state index is 13.1. The number of carbonyl (C=O) groups excluding carboxylic acids is 2. The fraction of sp³-hybridized carbons (Fsp3) is 0.240. The van der Waals surface area contributed by atoms with Gasteiger partial charge in [0.25, 0.3) is 11.8 Å². The van der Waals surface area contributed by atoms with Crippen LogP contribution >= 0.6 is 0 Å². The van der Waals surface area contributed by atoms with Crippen LogP contribution in [0, 0.1) is 0 Å². The molecule has 2 aromatic carbocycles. The van der Waals surface area contributed by atoms with Gasteiger partial charge in [-0.05, 0) is 57.2 Å². The third-order valence-electron chi connectivity index (χ3n) is 4.51. The lowest BCUT2D eigenvalue weighted by atomic mass is 10.1. The summed E-state index contributed by atoms with van der Waals surface area (Å²) in [6, 6.07) is 13.4. The monoisotopic (exact) mass is 449 g/mol. The molecule has 0 unspecified atom stereocenters. The SMILES string of the molecule is CCOc1cc(C(=O)Nc2ccccc2C(=O)Nc2cccnc2)cc(OCC)c1OCC. The van der Waals surface area contributed by atoms with E-state index in [1.54, 1.807) is 60.9 Å². The molecule has 33 heavy (non-hydrogen) atoms. The van der Waals surface area contributed by atoms with Crippen LogP contribution in [-0.4, -0.2) is 36.6 Å². The molecule has 0 atom stereocenters. The summed E-state index contributed by atoms with van der Waals surface area (Å²) in [4.78, 5) is 29.9. The summed E-state index contributed by atoms with van der Waals surface area (Å²) >= 11 is 0. The molecule has 0 aliphatic carbocycles. The highest BCUT2D eigenvalue weighted by Gasteiger charge is 2.20. The molecule has 2 N–H and O–H groups in total. The van der Waals surface area contributed by atoms with Gasteiger partial charge >= 0.3 is 0 Å². The molecule has 172 valence electrons. The van der Waals surface area contributed by atoms with Crippen molar-refractivity contribution < 1.29 is 23.8 Å². The molecule has 0 fully saturated rings. The molecular weight excluding hydrogens is 422 g/mol. The van der Waals surface area contributed by atoms with Gasteiger partial charge in [-0.15, -0.1) is 0 Å². The highest BCUT2D eigenvalue weighted by molar-refractivity contribution is 6.12. The second-order valence-electron chi connectivity index (χ2n) is 6.80. The topological polar surface area (TPSA) is 98.8 Å². The quantitative estimate of drug-likeness (QED) is 0.462. The van der Waals surface area contributed by atoms with Gasteiger partial charge in [0.15, 0.2) is 11.5 Å². The first-order valence-corrected chi connectivity index (χ1v) is 10.8. The van der Waals surface area contributed by atoms with Crippen molar-refractivity contribution in [2.75, 3.05) is 30.5 Å². The summed E-state index contributed by atoms with van der Waals surface area (Å²) in [5, 5.41) is 5.59. The van der Waals surface area contributed by atoms with Gasteiger partial charge in [0.2, 0.25) is 5.75 Å². The smallest absolute Gasteiger partial charge is 0.257 e. The van der Waals surface area contributed by atoms with E-state index in [1.807, 2.05) is 20.8 Å². The number of pyridine rings is 1. The zero-order valence-electron chi connectivity index (χ0n) is 18.9. The molecule has 8 nitrogen and oxygen atoms in total. The molecule has 8 heteroatoms. The fourth-order valence-electron chi connectivity index (χ4n) is 3.14. The number of hydrogen-bond donors (Lipinski definition) is 2. The Labute approximate surface area is 192 Å². The first kappa shape index (κ1) is 23.6. The third-order valence-corrected chi connectivity index (χ3v) is 4.51. The number of benzene rings is 2. The van der Waals surface area contributed by atoms with E-state index in [4.69, 9.17) is 14.2 Å². The van der Waals surface area contributed by atoms with Crippen molar-refractivity contribution >= 4 is 23.2 Å². The predicted molar refractivity (Wildman–Crippen MR) is 127 cm³/mol. The van der Waals surface area contributed by atoms with Crippen LogP contribution in [0.2, 0.25) is 0 Å². The Bertz CT molecular complexity index is 1080. The van der Waals surface area contributed by atoms with Gasteiger partial charge in [0, 0.05) is 11.8 Å². The van der Waals surface area contributed by atoms with Crippen LogP contribution in [0.1, 0.15) is 41.5 Å². The minimum atomic E-state index is -0.415. The minimum absolute atomic E-state index is 0.313. The standard InChI is InChI=1S/C25H27N3O5/c1-4-31-21-14-17(15-22(32-5-2)23(21)33-6-3)24(29)28-20-12-8-7-11-19(20)25(30)27-18-10-9-13-26-16-18/h7-16H,4-6H2,1-3H3,(H,27,30)(H,28,29). The molecule has 3 aromatic rings. The van der Waals surface area contributed by atoms with Gasteiger partial charge < -0.3 is 24.8 Å². The molecule has 0 bridgehead atoms. The van der Waals surface area contributed by atoms with E-state index in [0.717, 1.165) is 0 Å². The van der Waals surface area contributed by atoms with Crippen molar-refractivity contribution in [1.82, 2.24) is 4.98 Å². The highest BCUT2D eigenvalue weighted by Crippen LogP contribution is 2.39. The molecule has 0 aliphatic heterocycles. The summed E-state index contributed by atoms with van der Waals surface area (Å²) in [7, 11) is 0. The molecule has 0 spiro atoms. The Morgan fingerprint density at radius 1 is 0.818 bits per heavy atom. The number of nitrogens with zero attached hydrogens (tertiary/aromatic N) is 1. The highest BCUT2D eigenvalue weighted by atomic mass is 16.5. The number of amides is 2. The average molecular weight is 450 g/mol. The van der Waals surface area contributed by atoms with Crippen molar-refractivity contribution in [2.45, 2.75) is 20.8 Å². The third kappa shape index (κ3) is 6.00. The minimum Gasteiger partial charge on any atom is -0.490 e. The number of aromatic nitrogens is 1. The van der Waals surface area contributed by atoms with Crippen molar-refractivity contribution in [3.05, 3.63) is 72.1 Å². The molecule has 1 aromatic heterocycles. The lowest BCUT2D eigenvalue weighted by Gasteiger charge is -2.17. The Morgan fingerprint density at radius 3 is 2.09 bits per heavy atom. The Balaban J connectivity index is 1.89. The molecule has 2 amide bonds. The van der Waals surface area contributed by atoms with Gasteiger partial charge in [-0.1, -0.05) is 12.1 Å². The lowest BCUT2D eigenvalue weighted by molar-refractivity contribution is 0.102. The van der Waals surface area contributed by atoms with Gasteiger partial charge in [0.05, 0.1) is 43.0 Å². The van der Waals surface area contributed by atoms with Crippen molar-refractivity contribution in [1.29, 1.82) is 0 Å². The van der Waals surface area contributed by atoms with E-state index in [2.05, 4.69) is 15.6 Å². The summed E-state index contributed by atoms with van der Waals surface area (Å²) < 4.78 is 17.1. The van der Waals surface area contributed by atoms with Crippen LogP contribution in [0.3, 0.4) is 0 Å². The zero-order valence-corrected chi connectivity index (χ0v) is 18.9. The molecule has 0 saturated carbocycles. The van der Waals surface area contributed by atoms with Crippen molar-refractivity contribution in [3.8, 4) is 17.2 Å². The number of nitrogens with one attached hydrogen (secondary N) is 2. The van der Waals surface area contributed by atoms with Crippen LogP contribution in [-0.2, 0) is 0 Å². The second-order valence-corrected chi connectivity index (χ2v) is 6.80. The molecule has 3 rings (SSSR count). The van der Waals surface area contributed by atoms with Gasteiger partial charge in [-0.3, -0.25) is 14.6 Å². The normalized spacial score (nSPS) is 10.3. The van der Waals surface area contributed by atoms with Gasteiger partial charge in [-0.25, -0.2) is 0 Å². The number of anilines is 2. The molecule has 0 aliphatic rings. The second kappa shape index (κ2) is 11.5. The lowest BCUT2D eigenvalue weighted by Crippen LogP contribution is -2.18. The predicted octanol–water partition coefficient (Wildman–Crippen LogP) is 4.78. The maximum Gasteiger partial charge on any atom is 0.257 e. The van der Waals surface area contributed by atoms with Crippen LogP contribution < -0.4 is 24.8 Å². The molecule has 0 radical (unpaired) electrons. The number of rotatable bonds is 10. The molecule has 0 saturated heterocycles. The summed E-state index contributed by atoms with van der Waals surface area (Å²) in [6.07, 6.45) is 3.16. The summed E-state index contributed by atoms with van der Waals surface area (Å²) in [6.45, 7) is 6.77. The number of carbonyl (C=O) groups is 2. The van der Waals surface area contributed by atoms with E-state index in [9.17, 15) is 9.59 Å². The van der Waals surface area contributed by atoms with Gasteiger partial charge in [0.1, 0.15) is 0 Å². The zero-order chi connectivity index (χ0) is 23.6. The van der Waals surface area contributed by atoms with Crippen LogP contribution in [0.5, 0.6) is 17.2 Å². The molecule has 1 heterocycles. The summed E-state index contributed by atoms with van der Waals surface area (Å²) in [5.41, 5.74) is 1.55. The number of para-hydroxylation sites is 1. The average Bonchev–Trinajstić information content (AvgIpc) is 2.82. The van der Waals surface area contributed by atoms with Crippen LogP contribution in [0.25, 0.3) is 0 Å². The van der Waals surface area contributed by atoms with E-state index < -0.39 is 5.91 Å². The first-order valence-electron chi connectivity index (χ1n) is 10.8. The largest absolute Gasteiger partial charge is 0.490 e. The van der Waals surface area contributed by atoms with E-state index in [0.29, 0.717) is 59.6 Å². The number of ether oxygens (including phenoxy) is 3. The molecular formula is C25H27N3O5. The first-order chi connectivity index (χ1) is 16.1. The summed E-state index contributed by atoms with van der Waals surface area (Å²) in [5.74, 6) is 0.502. The van der Waals surface area contributed by atoms with Gasteiger partial charge in [-0.2, -0.15) is 0 Å². The number of hydrogen-bond acceptors (Lipinski definition) is 6. The Hall–Kier alpha value is -4.07. The van der Waals surface area contributed by atoms with Crippen LogP contribution in [0.15, 0.2) is 60.9 Å². The Morgan fingerprint density at radius 2 is 1.48 bits per heavy atom. The van der Waals surface area contributed by atoms with E-state index >= 15 is 0 Å². The fourth-order valence-corrected chi connectivity index (χ4v) is 3.14. The van der Waals surface area contributed by atoms with E-state index in [-0.39, 0.29) is 5.91 Å². The Kier molecular flexibility index (Phi) is 8.24.